The normalized spacial score (nSPS) is 10.6. The Kier molecular flexibility index (Phi) is 3.96. The highest BCUT2D eigenvalue weighted by Gasteiger charge is 2.02. The predicted molar refractivity (Wildman–Crippen MR) is 69.3 cm³/mol. The van der Waals surface area contributed by atoms with Gasteiger partial charge in [0.05, 0.1) is 7.80 Å². The molecule has 0 unspecified atom stereocenters. The summed E-state index contributed by atoms with van der Waals surface area (Å²) in [7, 11) is -1.54. The first-order chi connectivity index (χ1) is 7.84. The molecule has 0 aromatic heterocycles. The summed E-state index contributed by atoms with van der Waals surface area (Å²) < 4.78 is 12.0. The van der Waals surface area contributed by atoms with Gasteiger partial charge < -0.3 is 4.57 Å². The lowest BCUT2D eigenvalue weighted by molar-refractivity contribution is 0.587. The number of hydrogen-bond donors (Lipinski definition) is 0. The lowest BCUT2D eigenvalue weighted by atomic mass is 10.2. The fraction of sp³-hybridized carbons (Fsp3) is 0.143. The van der Waals surface area contributed by atoms with E-state index in [1.54, 1.807) is 0 Å². The van der Waals surface area contributed by atoms with E-state index in [1.165, 1.54) is 11.1 Å². The van der Waals surface area contributed by atoms with Crippen molar-refractivity contribution in [1.82, 2.24) is 0 Å². The molecular formula is C14H15OP. The van der Waals surface area contributed by atoms with Gasteiger partial charge in [-0.3, -0.25) is 0 Å². The van der Waals surface area contributed by atoms with Crippen molar-refractivity contribution in [2.45, 2.75) is 12.3 Å². The van der Waals surface area contributed by atoms with Crippen LogP contribution in [0.2, 0.25) is 0 Å². The molecule has 0 radical (unpaired) electrons. The minimum Gasteiger partial charge on any atom is -0.326 e. The van der Waals surface area contributed by atoms with E-state index >= 15 is 0 Å². The standard InChI is InChI=1S/C14H15OP/c15-16(11-13-7-3-1-4-8-13)12-14-9-5-2-6-10-14/h1-10,16H,11-12H2. The van der Waals surface area contributed by atoms with Crippen molar-refractivity contribution in [3.63, 3.8) is 0 Å². The summed E-state index contributed by atoms with van der Waals surface area (Å²) in [6.07, 6.45) is 1.42. The number of rotatable bonds is 4. The Labute approximate surface area is 96.9 Å². The molecule has 0 aliphatic heterocycles. The van der Waals surface area contributed by atoms with Crippen molar-refractivity contribution < 1.29 is 4.57 Å². The Hall–Kier alpha value is -1.33. The summed E-state index contributed by atoms with van der Waals surface area (Å²) in [5.74, 6) is 0. The lowest BCUT2D eigenvalue weighted by Crippen LogP contribution is -1.83. The Morgan fingerprint density at radius 1 is 0.688 bits per heavy atom. The fourth-order valence-corrected chi connectivity index (χ4v) is 3.22. The minimum atomic E-state index is -1.54. The van der Waals surface area contributed by atoms with Gasteiger partial charge >= 0.3 is 0 Å². The average molecular weight is 230 g/mol. The van der Waals surface area contributed by atoms with Gasteiger partial charge in [0.25, 0.3) is 0 Å². The van der Waals surface area contributed by atoms with E-state index in [0.717, 1.165) is 0 Å². The van der Waals surface area contributed by atoms with Crippen LogP contribution < -0.4 is 0 Å². The molecule has 1 nitrogen and oxygen atoms in total. The maximum absolute atomic E-state index is 12.0. The Bertz CT molecular complexity index is 407. The molecule has 2 aromatic carbocycles. The zero-order valence-corrected chi connectivity index (χ0v) is 10.1. The first-order valence-corrected chi connectivity index (χ1v) is 7.26. The molecule has 0 aliphatic carbocycles. The molecular weight excluding hydrogens is 215 g/mol. The highest BCUT2D eigenvalue weighted by atomic mass is 31.1. The molecule has 2 rings (SSSR count). The molecule has 82 valence electrons. The van der Waals surface area contributed by atoms with Crippen LogP contribution in [0.1, 0.15) is 11.1 Å². The summed E-state index contributed by atoms with van der Waals surface area (Å²) in [6, 6.07) is 20.1. The van der Waals surface area contributed by atoms with Gasteiger partial charge in [-0.15, -0.1) is 0 Å². The average Bonchev–Trinajstić information content (AvgIpc) is 2.31. The maximum atomic E-state index is 12.0. The molecule has 0 spiro atoms. The zero-order valence-electron chi connectivity index (χ0n) is 9.10. The van der Waals surface area contributed by atoms with Crippen molar-refractivity contribution >= 4 is 7.80 Å². The van der Waals surface area contributed by atoms with E-state index in [1.807, 2.05) is 60.7 Å². The second-order valence-electron chi connectivity index (χ2n) is 3.86. The van der Waals surface area contributed by atoms with Gasteiger partial charge in [0.15, 0.2) is 0 Å². The number of hydrogen-bond acceptors (Lipinski definition) is 1. The van der Waals surface area contributed by atoms with Crippen LogP contribution in [0.3, 0.4) is 0 Å². The van der Waals surface area contributed by atoms with Crippen molar-refractivity contribution in [2.24, 2.45) is 0 Å². The molecule has 0 fully saturated rings. The maximum Gasteiger partial charge on any atom is 0.0845 e. The van der Waals surface area contributed by atoms with Gasteiger partial charge in [-0.25, -0.2) is 0 Å². The molecule has 0 bridgehead atoms. The van der Waals surface area contributed by atoms with E-state index in [0.29, 0.717) is 12.3 Å². The van der Waals surface area contributed by atoms with E-state index in [-0.39, 0.29) is 0 Å². The predicted octanol–water partition coefficient (Wildman–Crippen LogP) is 3.95. The van der Waals surface area contributed by atoms with Crippen molar-refractivity contribution in [2.75, 3.05) is 0 Å². The van der Waals surface area contributed by atoms with Crippen molar-refractivity contribution in [1.29, 1.82) is 0 Å². The molecule has 0 saturated carbocycles. The quantitative estimate of drug-likeness (QED) is 0.727. The summed E-state index contributed by atoms with van der Waals surface area (Å²) >= 11 is 0. The van der Waals surface area contributed by atoms with Crippen molar-refractivity contribution in [3.05, 3.63) is 71.8 Å². The molecule has 16 heavy (non-hydrogen) atoms. The lowest BCUT2D eigenvalue weighted by Gasteiger charge is -2.02. The third-order valence-corrected chi connectivity index (χ3v) is 4.09. The van der Waals surface area contributed by atoms with E-state index in [2.05, 4.69) is 0 Å². The van der Waals surface area contributed by atoms with Crippen LogP contribution in [0.25, 0.3) is 0 Å². The summed E-state index contributed by atoms with van der Waals surface area (Å²) in [5.41, 5.74) is 2.34. The van der Waals surface area contributed by atoms with E-state index < -0.39 is 7.80 Å². The molecule has 0 amide bonds. The first kappa shape index (κ1) is 11.2. The monoisotopic (exact) mass is 230 g/mol. The molecule has 0 N–H and O–H groups in total. The first-order valence-electron chi connectivity index (χ1n) is 5.44. The molecule has 0 heterocycles. The summed E-state index contributed by atoms with van der Waals surface area (Å²) in [5, 5.41) is 0. The van der Waals surface area contributed by atoms with E-state index in [4.69, 9.17) is 0 Å². The Morgan fingerprint density at radius 3 is 1.44 bits per heavy atom. The third kappa shape index (κ3) is 3.36. The highest BCUT2D eigenvalue weighted by Crippen LogP contribution is 2.31. The molecule has 0 saturated heterocycles. The summed E-state index contributed by atoms with van der Waals surface area (Å²) in [6.45, 7) is 0. The molecule has 2 heteroatoms. The largest absolute Gasteiger partial charge is 0.326 e. The van der Waals surface area contributed by atoms with Crippen LogP contribution in [-0.4, -0.2) is 0 Å². The van der Waals surface area contributed by atoms with Crippen LogP contribution in [0.4, 0.5) is 0 Å². The highest BCUT2D eigenvalue weighted by molar-refractivity contribution is 7.42. The smallest absolute Gasteiger partial charge is 0.0845 e. The Morgan fingerprint density at radius 2 is 1.06 bits per heavy atom. The number of benzene rings is 2. The van der Waals surface area contributed by atoms with Crippen LogP contribution >= 0.6 is 7.80 Å². The Balaban J connectivity index is 1.95. The van der Waals surface area contributed by atoms with Crippen LogP contribution in [0.5, 0.6) is 0 Å². The van der Waals surface area contributed by atoms with Gasteiger partial charge in [-0.05, 0) is 11.1 Å². The van der Waals surface area contributed by atoms with Gasteiger partial charge in [0.2, 0.25) is 0 Å². The van der Waals surface area contributed by atoms with Crippen molar-refractivity contribution in [3.8, 4) is 0 Å². The SMILES string of the molecule is O=[PH](Cc1ccccc1)Cc1ccccc1. The third-order valence-electron chi connectivity index (χ3n) is 2.49. The van der Waals surface area contributed by atoms with E-state index in [9.17, 15) is 4.57 Å². The van der Waals surface area contributed by atoms with Gasteiger partial charge in [-0.2, -0.15) is 0 Å². The second kappa shape index (κ2) is 5.67. The second-order valence-corrected chi connectivity index (χ2v) is 5.65. The fourth-order valence-electron chi connectivity index (χ4n) is 1.71. The van der Waals surface area contributed by atoms with Gasteiger partial charge in [0.1, 0.15) is 0 Å². The van der Waals surface area contributed by atoms with Crippen LogP contribution in [-0.2, 0) is 16.9 Å². The van der Waals surface area contributed by atoms with Gasteiger partial charge in [0, 0.05) is 12.3 Å². The van der Waals surface area contributed by atoms with Crippen LogP contribution in [0, 0.1) is 0 Å². The topological polar surface area (TPSA) is 17.1 Å². The van der Waals surface area contributed by atoms with Crippen LogP contribution in [0.15, 0.2) is 60.7 Å². The molecule has 2 aromatic rings. The molecule has 0 atom stereocenters. The molecule has 0 aliphatic rings. The minimum absolute atomic E-state index is 0.709. The van der Waals surface area contributed by atoms with Gasteiger partial charge in [-0.1, -0.05) is 60.7 Å². The zero-order chi connectivity index (χ0) is 11.2. The summed E-state index contributed by atoms with van der Waals surface area (Å²) in [4.78, 5) is 0.